The summed E-state index contributed by atoms with van der Waals surface area (Å²) >= 11 is 0. The second kappa shape index (κ2) is 3.45. The molecule has 0 fully saturated rings. The van der Waals surface area contributed by atoms with Crippen molar-refractivity contribution in [2.24, 2.45) is 0 Å². The molecule has 0 atom stereocenters. The zero-order chi connectivity index (χ0) is 10.8. The fourth-order valence-electron chi connectivity index (χ4n) is 1.13. The molecular formula is C10H7NO4. The molecule has 5 heteroatoms. The summed E-state index contributed by atoms with van der Waals surface area (Å²) in [7, 11) is 0. The van der Waals surface area contributed by atoms with Crippen LogP contribution in [0.3, 0.4) is 0 Å². The van der Waals surface area contributed by atoms with E-state index < -0.39 is 11.7 Å². The molecule has 2 aromatic rings. The minimum absolute atomic E-state index is 0.0658. The molecule has 0 aliphatic rings. The highest BCUT2D eigenvalue weighted by molar-refractivity contribution is 5.89. The van der Waals surface area contributed by atoms with Crippen molar-refractivity contribution >= 4 is 23.1 Å². The Morgan fingerprint density at radius 1 is 1.33 bits per heavy atom. The van der Waals surface area contributed by atoms with Crippen LogP contribution in [0.15, 0.2) is 34.4 Å². The molecule has 5 nitrogen and oxygen atoms in total. The quantitative estimate of drug-likeness (QED) is 0.577. The topological polar surface area (TPSA) is 83.6 Å². The van der Waals surface area contributed by atoms with Gasteiger partial charge in [-0.3, -0.25) is 0 Å². The van der Waals surface area contributed by atoms with Crippen LogP contribution in [0.5, 0.6) is 0 Å². The van der Waals surface area contributed by atoms with E-state index in [9.17, 15) is 4.79 Å². The number of para-hydroxylation sites is 2. The molecule has 0 amide bonds. The molecule has 0 aliphatic carbocycles. The van der Waals surface area contributed by atoms with Crippen molar-refractivity contribution < 1.29 is 19.4 Å². The lowest BCUT2D eigenvalue weighted by Crippen LogP contribution is -1.98. The molecule has 76 valence electrons. The Labute approximate surface area is 84.3 Å². The van der Waals surface area contributed by atoms with Crippen LogP contribution >= 0.6 is 0 Å². The molecule has 0 aliphatic heterocycles. The van der Waals surface area contributed by atoms with Crippen molar-refractivity contribution in [2.75, 3.05) is 0 Å². The Morgan fingerprint density at radius 2 is 2.07 bits per heavy atom. The van der Waals surface area contributed by atoms with Gasteiger partial charge in [-0.05, 0) is 12.1 Å². The molecule has 0 radical (unpaired) electrons. The molecule has 0 unspecified atom stereocenters. The van der Waals surface area contributed by atoms with Gasteiger partial charge in [-0.25, -0.2) is 9.78 Å². The van der Waals surface area contributed by atoms with Gasteiger partial charge in [0.25, 0.3) is 0 Å². The van der Waals surface area contributed by atoms with Gasteiger partial charge in [0, 0.05) is 0 Å². The average molecular weight is 205 g/mol. The fourth-order valence-corrected chi connectivity index (χ4v) is 1.13. The highest BCUT2D eigenvalue weighted by Gasteiger charge is 2.07. The molecule has 0 saturated heterocycles. The first-order valence-corrected chi connectivity index (χ1v) is 4.16. The predicted octanol–water partition coefficient (Wildman–Crippen LogP) is 1.81. The Kier molecular flexibility index (Phi) is 2.13. The number of benzene rings is 1. The van der Waals surface area contributed by atoms with Crippen LogP contribution in [-0.4, -0.2) is 21.2 Å². The van der Waals surface area contributed by atoms with Gasteiger partial charge in [-0.1, -0.05) is 12.1 Å². The van der Waals surface area contributed by atoms with E-state index >= 15 is 0 Å². The molecule has 15 heavy (non-hydrogen) atoms. The first-order valence-electron chi connectivity index (χ1n) is 4.16. The van der Waals surface area contributed by atoms with Crippen LogP contribution in [0, 0.1) is 0 Å². The lowest BCUT2D eigenvalue weighted by molar-refractivity contribution is -0.135. The average Bonchev–Trinajstić information content (AvgIpc) is 2.59. The number of hydrogen-bond donors (Lipinski definition) is 2. The zero-order valence-electron chi connectivity index (χ0n) is 7.54. The van der Waals surface area contributed by atoms with Crippen molar-refractivity contribution in [3.05, 3.63) is 35.9 Å². The van der Waals surface area contributed by atoms with Crippen LogP contribution in [-0.2, 0) is 4.79 Å². The Morgan fingerprint density at radius 3 is 2.73 bits per heavy atom. The number of nitrogens with zero attached hydrogens (tertiary/aromatic N) is 1. The summed E-state index contributed by atoms with van der Waals surface area (Å²) in [5.74, 6) is -2.16. The van der Waals surface area contributed by atoms with E-state index in [2.05, 4.69) is 4.98 Å². The standard InChI is InChI=1S/C10H7NO4/c12-7(10(13)14)5-9-11-6-3-1-2-4-8(6)15-9/h1-5,12H,(H,13,14)/b7-5-. The number of aliphatic hydroxyl groups is 1. The van der Waals surface area contributed by atoms with E-state index in [1.54, 1.807) is 24.3 Å². The van der Waals surface area contributed by atoms with Gasteiger partial charge in [0.15, 0.2) is 5.58 Å². The maximum Gasteiger partial charge on any atom is 0.371 e. The number of hydrogen-bond acceptors (Lipinski definition) is 4. The largest absolute Gasteiger partial charge is 0.502 e. The van der Waals surface area contributed by atoms with Crippen LogP contribution in [0.2, 0.25) is 0 Å². The highest BCUT2D eigenvalue weighted by atomic mass is 16.4. The third-order valence-corrected chi connectivity index (χ3v) is 1.79. The van der Waals surface area contributed by atoms with Crippen molar-refractivity contribution in [3.63, 3.8) is 0 Å². The summed E-state index contributed by atoms with van der Waals surface area (Å²) in [6.07, 6.45) is 0.961. The summed E-state index contributed by atoms with van der Waals surface area (Å²) in [5, 5.41) is 17.4. The lowest BCUT2D eigenvalue weighted by Gasteiger charge is -1.87. The minimum Gasteiger partial charge on any atom is -0.502 e. The minimum atomic E-state index is -1.42. The smallest absolute Gasteiger partial charge is 0.371 e. The van der Waals surface area contributed by atoms with Gasteiger partial charge in [0.05, 0.1) is 6.08 Å². The maximum absolute atomic E-state index is 10.3. The summed E-state index contributed by atoms with van der Waals surface area (Å²) in [4.78, 5) is 14.3. The van der Waals surface area contributed by atoms with E-state index in [4.69, 9.17) is 14.6 Å². The molecule has 1 aromatic carbocycles. The van der Waals surface area contributed by atoms with Crippen molar-refractivity contribution in [3.8, 4) is 0 Å². The summed E-state index contributed by atoms with van der Waals surface area (Å²) in [6.45, 7) is 0. The Bertz CT molecular complexity index is 508. The second-order valence-corrected chi connectivity index (χ2v) is 2.85. The first kappa shape index (κ1) is 9.26. The third-order valence-electron chi connectivity index (χ3n) is 1.79. The lowest BCUT2D eigenvalue weighted by atomic mass is 10.3. The molecule has 1 heterocycles. The van der Waals surface area contributed by atoms with E-state index in [-0.39, 0.29) is 5.89 Å². The van der Waals surface area contributed by atoms with Gasteiger partial charge < -0.3 is 14.6 Å². The SMILES string of the molecule is O=C(O)/C(O)=C/c1nc2ccccc2o1. The first-order chi connectivity index (χ1) is 7.16. The number of fused-ring (bicyclic) bond motifs is 1. The monoisotopic (exact) mass is 205 g/mol. The van der Waals surface area contributed by atoms with Crippen molar-refractivity contribution in [2.45, 2.75) is 0 Å². The number of carboxylic acid groups (broad SMARTS) is 1. The van der Waals surface area contributed by atoms with Crippen LogP contribution in [0.25, 0.3) is 17.2 Å². The molecule has 2 rings (SSSR count). The Balaban J connectivity index is 2.46. The summed E-state index contributed by atoms with van der Waals surface area (Å²) < 4.78 is 5.18. The van der Waals surface area contributed by atoms with Crippen LogP contribution in [0.4, 0.5) is 0 Å². The normalized spacial score (nSPS) is 11.9. The Hall–Kier alpha value is -2.30. The molecule has 1 aromatic heterocycles. The van der Waals surface area contributed by atoms with Gasteiger partial charge >= 0.3 is 5.97 Å². The van der Waals surface area contributed by atoms with Crippen LogP contribution in [0.1, 0.15) is 5.89 Å². The zero-order valence-corrected chi connectivity index (χ0v) is 7.54. The number of aliphatic hydroxyl groups excluding tert-OH is 1. The number of aliphatic carboxylic acids is 1. The number of rotatable bonds is 2. The second-order valence-electron chi connectivity index (χ2n) is 2.85. The van der Waals surface area contributed by atoms with E-state index in [0.717, 1.165) is 6.08 Å². The van der Waals surface area contributed by atoms with Gasteiger partial charge in [-0.2, -0.15) is 0 Å². The summed E-state index contributed by atoms with van der Waals surface area (Å²) in [5.41, 5.74) is 1.16. The number of carboxylic acids is 1. The van der Waals surface area contributed by atoms with Gasteiger partial charge in [0.1, 0.15) is 5.52 Å². The predicted molar refractivity (Wildman–Crippen MR) is 52.3 cm³/mol. The molecule has 2 N–H and O–H groups in total. The number of carbonyl (C=O) groups is 1. The van der Waals surface area contributed by atoms with Crippen molar-refractivity contribution in [1.29, 1.82) is 0 Å². The van der Waals surface area contributed by atoms with E-state index in [1.807, 2.05) is 0 Å². The molecule has 0 bridgehead atoms. The third kappa shape index (κ3) is 1.80. The van der Waals surface area contributed by atoms with E-state index in [0.29, 0.717) is 11.1 Å². The maximum atomic E-state index is 10.3. The van der Waals surface area contributed by atoms with E-state index in [1.165, 1.54) is 0 Å². The number of aromatic nitrogens is 1. The molecule has 0 spiro atoms. The van der Waals surface area contributed by atoms with Crippen molar-refractivity contribution in [1.82, 2.24) is 4.98 Å². The van der Waals surface area contributed by atoms with Crippen LogP contribution < -0.4 is 0 Å². The summed E-state index contributed by atoms with van der Waals surface area (Å²) in [6, 6.07) is 7.00. The fraction of sp³-hybridized carbons (Fsp3) is 0. The van der Waals surface area contributed by atoms with Gasteiger partial charge in [-0.15, -0.1) is 0 Å². The van der Waals surface area contributed by atoms with Gasteiger partial charge in [0.2, 0.25) is 11.6 Å². The highest BCUT2D eigenvalue weighted by Crippen LogP contribution is 2.16. The number of oxazole rings is 1. The molecular weight excluding hydrogens is 198 g/mol. The molecule has 0 saturated carbocycles.